The first kappa shape index (κ1) is 27.8. The van der Waals surface area contributed by atoms with Crippen molar-refractivity contribution in [2.75, 3.05) is 13.7 Å². The topological polar surface area (TPSA) is 56.8 Å². The first-order valence-corrected chi connectivity index (χ1v) is 12.5. The van der Waals surface area contributed by atoms with Crippen molar-refractivity contribution >= 4 is 17.5 Å². The van der Waals surface area contributed by atoms with Gasteiger partial charge in [0.15, 0.2) is 0 Å². The first-order valence-electron chi connectivity index (χ1n) is 12.1. The monoisotopic (exact) mass is 489 g/mol. The molecule has 5 nitrogen and oxygen atoms in total. The highest BCUT2D eigenvalue weighted by atomic mass is 35.5. The lowest BCUT2D eigenvalue weighted by Gasteiger charge is -2.29. The standard InChI is InChI=1S/C28H40ClNO4/c1-8-27(3,4)33-22-15-13-20(25(19-22)34-28(5,6)9-2)12-10-11-17-30-26(31)23-18-21(29)14-16-24(23)32-7/h13-16,18-19H,8-12,17H2,1-7H3,(H,30,31). The Kier molecular flexibility index (Phi) is 10.1. The zero-order chi connectivity index (χ0) is 25.4. The zero-order valence-corrected chi connectivity index (χ0v) is 22.5. The van der Waals surface area contributed by atoms with E-state index in [-0.39, 0.29) is 17.1 Å². The van der Waals surface area contributed by atoms with Crippen molar-refractivity contribution in [3.8, 4) is 17.2 Å². The molecule has 0 heterocycles. The molecule has 2 rings (SSSR count). The van der Waals surface area contributed by atoms with Gasteiger partial charge in [-0.3, -0.25) is 4.79 Å². The molecule has 2 aromatic rings. The van der Waals surface area contributed by atoms with Crippen molar-refractivity contribution in [3.05, 3.63) is 52.5 Å². The quantitative estimate of drug-likeness (QED) is 0.301. The molecule has 0 aliphatic heterocycles. The van der Waals surface area contributed by atoms with Crippen molar-refractivity contribution < 1.29 is 19.0 Å². The van der Waals surface area contributed by atoms with Crippen LogP contribution in [0.3, 0.4) is 0 Å². The lowest BCUT2D eigenvalue weighted by atomic mass is 10.0. The summed E-state index contributed by atoms with van der Waals surface area (Å²) in [6.07, 6.45) is 4.42. The number of benzene rings is 2. The minimum atomic E-state index is -0.266. The van der Waals surface area contributed by atoms with Crippen LogP contribution in [-0.2, 0) is 6.42 Å². The molecule has 0 aromatic heterocycles. The summed E-state index contributed by atoms with van der Waals surface area (Å²) < 4.78 is 17.8. The smallest absolute Gasteiger partial charge is 0.255 e. The second kappa shape index (κ2) is 12.3. The number of rotatable bonds is 13. The number of amides is 1. The molecule has 188 valence electrons. The van der Waals surface area contributed by atoms with E-state index in [4.69, 9.17) is 25.8 Å². The highest BCUT2D eigenvalue weighted by molar-refractivity contribution is 6.31. The summed E-state index contributed by atoms with van der Waals surface area (Å²) in [6, 6.07) is 11.2. The van der Waals surface area contributed by atoms with E-state index in [1.165, 1.54) is 0 Å². The lowest BCUT2D eigenvalue weighted by Crippen LogP contribution is -2.28. The molecular weight excluding hydrogens is 450 g/mol. The average molecular weight is 490 g/mol. The molecule has 0 aliphatic rings. The predicted molar refractivity (Wildman–Crippen MR) is 140 cm³/mol. The summed E-state index contributed by atoms with van der Waals surface area (Å²) in [6.45, 7) is 13.2. The summed E-state index contributed by atoms with van der Waals surface area (Å²) in [5, 5.41) is 3.46. The molecule has 1 N–H and O–H groups in total. The van der Waals surface area contributed by atoms with Crippen LogP contribution >= 0.6 is 11.6 Å². The molecule has 0 radical (unpaired) electrons. The Bertz CT molecular complexity index is 955. The van der Waals surface area contributed by atoms with Gasteiger partial charge < -0.3 is 19.5 Å². The van der Waals surface area contributed by atoms with Crippen LogP contribution in [0.15, 0.2) is 36.4 Å². The van der Waals surface area contributed by atoms with Gasteiger partial charge in [0.25, 0.3) is 5.91 Å². The molecule has 2 aromatic carbocycles. The van der Waals surface area contributed by atoms with Crippen molar-refractivity contribution in [3.63, 3.8) is 0 Å². The van der Waals surface area contributed by atoms with E-state index < -0.39 is 0 Å². The second-order valence-corrected chi connectivity index (χ2v) is 10.2. The van der Waals surface area contributed by atoms with Crippen LogP contribution in [0.4, 0.5) is 0 Å². The van der Waals surface area contributed by atoms with Crippen LogP contribution in [0.1, 0.15) is 83.1 Å². The van der Waals surface area contributed by atoms with Crippen LogP contribution in [0.5, 0.6) is 17.2 Å². The summed E-state index contributed by atoms with van der Waals surface area (Å²) in [7, 11) is 1.54. The number of nitrogens with one attached hydrogen (secondary N) is 1. The summed E-state index contributed by atoms with van der Waals surface area (Å²) in [4.78, 5) is 12.5. The number of hydrogen-bond donors (Lipinski definition) is 1. The van der Waals surface area contributed by atoms with Crippen LogP contribution in [-0.4, -0.2) is 30.8 Å². The van der Waals surface area contributed by atoms with Crippen molar-refractivity contribution in [2.24, 2.45) is 0 Å². The largest absolute Gasteiger partial charge is 0.496 e. The number of aryl methyl sites for hydroxylation is 1. The summed E-state index contributed by atoms with van der Waals surface area (Å²) in [5.41, 5.74) is 1.09. The number of unbranched alkanes of at least 4 members (excludes halogenated alkanes) is 1. The van der Waals surface area contributed by atoms with Gasteiger partial charge in [0.05, 0.1) is 12.7 Å². The van der Waals surface area contributed by atoms with Gasteiger partial charge in [-0.25, -0.2) is 0 Å². The Labute approximate surface area is 210 Å². The first-order chi connectivity index (χ1) is 16.0. The Morgan fingerprint density at radius 3 is 2.24 bits per heavy atom. The zero-order valence-electron chi connectivity index (χ0n) is 21.7. The minimum Gasteiger partial charge on any atom is -0.496 e. The number of methoxy groups -OCH3 is 1. The Hall–Kier alpha value is -2.40. The fourth-order valence-electron chi connectivity index (χ4n) is 3.26. The molecular formula is C28H40ClNO4. The Morgan fingerprint density at radius 1 is 0.912 bits per heavy atom. The molecule has 0 unspecified atom stereocenters. The van der Waals surface area contributed by atoms with E-state index >= 15 is 0 Å². The SMILES string of the molecule is CCC(C)(C)Oc1ccc(CCCCNC(=O)c2cc(Cl)ccc2OC)c(OC(C)(C)CC)c1. The van der Waals surface area contributed by atoms with Gasteiger partial charge in [-0.05, 0) is 89.6 Å². The van der Waals surface area contributed by atoms with Crippen LogP contribution in [0.25, 0.3) is 0 Å². The molecule has 0 atom stereocenters. The van der Waals surface area contributed by atoms with E-state index in [0.717, 1.165) is 49.2 Å². The summed E-state index contributed by atoms with van der Waals surface area (Å²) in [5.74, 6) is 2.01. The highest BCUT2D eigenvalue weighted by Gasteiger charge is 2.21. The molecule has 0 aliphatic carbocycles. The third-order valence-electron chi connectivity index (χ3n) is 6.09. The molecule has 0 fully saturated rings. The number of carbonyl (C=O) groups excluding carboxylic acids is 1. The molecule has 1 amide bonds. The van der Waals surface area contributed by atoms with E-state index in [0.29, 0.717) is 22.9 Å². The van der Waals surface area contributed by atoms with Crippen molar-refractivity contribution in [1.82, 2.24) is 5.32 Å². The maximum absolute atomic E-state index is 12.5. The number of carbonyl (C=O) groups is 1. The molecule has 0 spiro atoms. The Balaban J connectivity index is 2.00. The fraction of sp³-hybridized carbons (Fsp3) is 0.536. The number of hydrogen-bond acceptors (Lipinski definition) is 4. The van der Waals surface area contributed by atoms with Gasteiger partial charge in [-0.15, -0.1) is 0 Å². The van der Waals surface area contributed by atoms with Gasteiger partial charge >= 0.3 is 0 Å². The van der Waals surface area contributed by atoms with Crippen LogP contribution in [0.2, 0.25) is 5.02 Å². The van der Waals surface area contributed by atoms with Crippen molar-refractivity contribution in [2.45, 2.75) is 84.8 Å². The fourth-order valence-corrected chi connectivity index (χ4v) is 3.43. The van der Waals surface area contributed by atoms with E-state index in [1.807, 2.05) is 12.1 Å². The molecule has 0 saturated heterocycles. The van der Waals surface area contributed by atoms with Gasteiger partial charge in [-0.1, -0.05) is 31.5 Å². The number of ether oxygens (including phenoxy) is 3. The second-order valence-electron chi connectivity index (χ2n) is 9.76. The predicted octanol–water partition coefficient (Wildman–Crippen LogP) is 7.24. The van der Waals surface area contributed by atoms with Crippen LogP contribution in [0, 0.1) is 0 Å². The van der Waals surface area contributed by atoms with Gasteiger partial charge in [-0.2, -0.15) is 0 Å². The van der Waals surface area contributed by atoms with Gasteiger partial charge in [0.1, 0.15) is 28.5 Å². The normalized spacial score (nSPS) is 11.8. The molecule has 34 heavy (non-hydrogen) atoms. The molecule has 0 bridgehead atoms. The Morgan fingerprint density at radius 2 is 1.59 bits per heavy atom. The maximum atomic E-state index is 12.5. The van der Waals surface area contributed by atoms with Crippen LogP contribution < -0.4 is 19.5 Å². The van der Waals surface area contributed by atoms with Crippen molar-refractivity contribution in [1.29, 1.82) is 0 Å². The molecule has 0 saturated carbocycles. The highest BCUT2D eigenvalue weighted by Crippen LogP contribution is 2.32. The van der Waals surface area contributed by atoms with E-state index in [9.17, 15) is 4.79 Å². The average Bonchev–Trinajstić information content (AvgIpc) is 2.79. The third kappa shape index (κ3) is 8.43. The summed E-state index contributed by atoms with van der Waals surface area (Å²) >= 11 is 6.04. The maximum Gasteiger partial charge on any atom is 0.255 e. The van der Waals surface area contributed by atoms with E-state index in [2.05, 4.69) is 52.9 Å². The number of halogens is 1. The third-order valence-corrected chi connectivity index (χ3v) is 6.32. The lowest BCUT2D eigenvalue weighted by molar-refractivity contribution is 0.0940. The van der Waals surface area contributed by atoms with Gasteiger partial charge in [0.2, 0.25) is 0 Å². The molecule has 6 heteroatoms. The van der Waals surface area contributed by atoms with E-state index in [1.54, 1.807) is 25.3 Å². The van der Waals surface area contributed by atoms with Gasteiger partial charge in [0, 0.05) is 17.6 Å². The minimum absolute atomic E-state index is 0.187.